The number of nitro groups is 1. The van der Waals surface area contributed by atoms with E-state index in [1.54, 1.807) is 12.1 Å². The summed E-state index contributed by atoms with van der Waals surface area (Å²) in [7, 11) is 1.28. The summed E-state index contributed by atoms with van der Waals surface area (Å²) in [5.41, 5.74) is 0.539. The topological polar surface area (TPSA) is 118 Å². The highest BCUT2D eigenvalue weighted by Gasteiger charge is 2.21. The van der Waals surface area contributed by atoms with Crippen molar-refractivity contribution in [3.05, 3.63) is 40.1 Å². The molecule has 146 valence electrons. The summed E-state index contributed by atoms with van der Waals surface area (Å²) in [6.07, 6.45) is 1.16. The third kappa shape index (κ3) is 5.33. The van der Waals surface area contributed by atoms with Crippen molar-refractivity contribution in [2.75, 3.05) is 20.3 Å². The summed E-state index contributed by atoms with van der Waals surface area (Å²) in [4.78, 5) is 22.4. The highest BCUT2D eigenvalue weighted by atomic mass is 16.6. The number of hydrogen-bond donors (Lipinski definition) is 1. The highest BCUT2D eigenvalue weighted by Crippen LogP contribution is 2.28. The van der Waals surface area contributed by atoms with Crippen molar-refractivity contribution in [2.24, 2.45) is 0 Å². The van der Waals surface area contributed by atoms with Gasteiger partial charge in [-0.15, -0.1) is 5.10 Å². The quantitative estimate of drug-likeness (QED) is 0.495. The molecule has 0 aliphatic carbocycles. The highest BCUT2D eigenvalue weighted by molar-refractivity contribution is 5.75. The average molecular weight is 378 g/mol. The molecule has 1 N–H and O–H groups in total. The van der Waals surface area contributed by atoms with Crippen LogP contribution >= 0.6 is 0 Å². The third-order valence-electron chi connectivity index (χ3n) is 3.50. The molecule has 1 amide bonds. The van der Waals surface area contributed by atoms with E-state index < -0.39 is 4.92 Å². The molecule has 0 radical (unpaired) electrons. The molecule has 0 aliphatic rings. The maximum Gasteiger partial charge on any atom is 0.350 e. The minimum Gasteiger partial charge on any atom is -0.490 e. The lowest BCUT2D eigenvalue weighted by atomic mass is 10.2. The number of rotatable bonds is 10. The number of nitrogens with one attached hydrogen (secondary N) is 1. The molecule has 0 bridgehead atoms. The fourth-order valence-corrected chi connectivity index (χ4v) is 2.35. The van der Waals surface area contributed by atoms with Gasteiger partial charge in [-0.25, -0.2) is 0 Å². The first kappa shape index (κ1) is 20.0. The van der Waals surface area contributed by atoms with Crippen molar-refractivity contribution in [1.29, 1.82) is 0 Å². The molecular formula is C17H22N4O6. The Kier molecular flexibility index (Phi) is 6.98. The van der Waals surface area contributed by atoms with E-state index in [0.29, 0.717) is 24.7 Å². The van der Waals surface area contributed by atoms with Crippen LogP contribution in [0.15, 0.2) is 24.4 Å². The largest absolute Gasteiger partial charge is 0.490 e. The number of hydrogen-bond acceptors (Lipinski definition) is 7. The zero-order chi connectivity index (χ0) is 19.8. The Morgan fingerprint density at radius 2 is 1.96 bits per heavy atom. The molecule has 2 aromatic rings. The SMILES string of the molecule is CCOc1ccc(CNC(=O)Cn2cc([N+](=O)[O-])c(OC)n2)cc1OCC. The van der Waals surface area contributed by atoms with Crippen LogP contribution in [0.2, 0.25) is 0 Å². The fraction of sp³-hybridized carbons (Fsp3) is 0.412. The predicted molar refractivity (Wildman–Crippen MR) is 96.1 cm³/mol. The van der Waals surface area contributed by atoms with Crippen molar-refractivity contribution in [3.63, 3.8) is 0 Å². The van der Waals surface area contributed by atoms with Gasteiger partial charge in [0.2, 0.25) is 5.91 Å². The number of benzene rings is 1. The molecule has 2 rings (SSSR count). The molecule has 10 heteroatoms. The number of nitrogens with zero attached hydrogens (tertiary/aromatic N) is 3. The van der Waals surface area contributed by atoms with Crippen LogP contribution in [0, 0.1) is 10.1 Å². The van der Waals surface area contributed by atoms with Crippen LogP contribution in [-0.2, 0) is 17.9 Å². The van der Waals surface area contributed by atoms with Crippen molar-refractivity contribution < 1.29 is 23.9 Å². The molecule has 0 unspecified atom stereocenters. The predicted octanol–water partition coefficient (Wildman–Crippen LogP) is 1.91. The average Bonchev–Trinajstić information content (AvgIpc) is 3.05. The van der Waals surface area contributed by atoms with E-state index in [0.717, 1.165) is 16.4 Å². The molecule has 0 atom stereocenters. The summed E-state index contributed by atoms with van der Waals surface area (Å²) in [5, 5.41) is 17.5. The Morgan fingerprint density at radius 3 is 2.56 bits per heavy atom. The molecule has 0 spiro atoms. The minimum atomic E-state index is -0.616. The maximum atomic E-state index is 12.1. The molecule has 10 nitrogen and oxygen atoms in total. The van der Waals surface area contributed by atoms with Crippen LogP contribution in [-0.4, -0.2) is 40.9 Å². The van der Waals surface area contributed by atoms with Gasteiger partial charge in [0.1, 0.15) is 12.7 Å². The van der Waals surface area contributed by atoms with Crippen LogP contribution in [0.4, 0.5) is 5.69 Å². The second-order valence-electron chi connectivity index (χ2n) is 5.40. The van der Waals surface area contributed by atoms with Gasteiger partial charge in [-0.05, 0) is 31.5 Å². The van der Waals surface area contributed by atoms with Gasteiger partial charge in [0.25, 0.3) is 0 Å². The first-order chi connectivity index (χ1) is 13.0. The zero-order valence-electron chi connectivity index (χ0n) is 15.4. The molecule has 1 aromatic carbocycles. The van der Waals surface area contributed by atoms with Crippen molar-refractivity contribution in [3.8, 4) is 17.4 Å². The number of methoxy groups -OCH3 is 1. The lowest BCUT2D eigenvalue weighted by Crippen LogP contribution is -2.27. The van der Waals surface area contributed by atoms with Gasteiger partial charge >= 0.3 is 11.6 Å². The summed E-state index contributed by atoms with van der Waals surface area (Å²) >= 11 is 0. The van der Waals surface area contributed by atoms with E-state index in [4.69, 9.17) is 14.2 Å². The number of carbonyl (C=O) groups is 1. The van der Waals surface area contributed by atoms with Crippen LogP contribution in [0.1, 0.15) is 19.4 Å². The number of carbonyl (C=O) groups excluding carboxylic acids is 1. The number of ether oxygens (including phenoxy) is 3. The van der Waals surface area contributed by atoms with Gasteiger partial charge in [-0.3, -0.25) is 19.6 Å². The molecule has 0 saturated heterocycles. The second-order valence-corrected chi connectivity index (χ2v) is 5.40. The molecule has 1 heterocycles. The van der Waals surface area contributed by atoms with E-state index in [1.165, 1.54) is 7.11 Å². The monoisotopic (exact) mass is 378 g/mol. The Hall–Kier alpha value is -3.30. The van der Waals surface area contributed by atoms with Crippen LogP contribution in [0.5, 0.6) is 17.4 Å². The van der Waals surface area contributed by atoms with Crippen molar-refractivity contribution in [2.45, 2.75) is 26.9 Å². The molecule has 0 saturated carbocycles. The van der Waals surface area contributed by atoms with E-state index in [-0.39, 0.29) is 30.6 Å². The lowest BCUT2D eigenvalue weighted by Gasteiger charge is -2.13. The third-order valence-corrected chi connectivity index (χ3v) is 3.50. The first-order valence-corrected chi connectivity index (χ1v) is 8.39. The van der Waals surface area contributed by atoms with Gasteiger partial charge < -0.3 is 19.5 Å². The van der Waals surface area contributed by atoms with Crippen LogP contribution in [0.25, 0.3) is 0 Å². The zero-order valence-corrected chi connectivity index (χ0v) is 15.4. The standard InChI is InChI=1S/C17H22N4O6/c1-4-26-14-7-6-12(8-15(14)27-5-2)9-18-16(22)11-20-10-13(21(23)24)17(19-20)25-3/h6-8,10H,4-5,9,11H2,1-3H3,(H,18,22). The first-order valence-electron chi connectivity index (χ1n) is 8.39. The lowest BCUT2D eigenvalue weighted by molar-refractivity contribution is -0.385. The molecule has 1 aromatic heterocycles. The number of aromatic nitrogens is 2. The van der Waals surface area contributed by atoms with Gasteiger partial charge in [0.15, 0.2) is 11.5 Å². The van der Waals surface area contributed by atoms with Crippen LogP contribution < -0.4 is 19.5 Å². The molecule has 27 heavy (non-hydrogen) atoms. The Morgan fingerprint density at radius 1 is 1.26 bits per heavy atom. The molecular weight excluding hydrogens is 356 g/mol. The second kappa shape index (κ2) is 9.41. The summed E-state index contributed by atoms with van der Waals surface area (Å²) in [6, 6.07) is 5.42. The van der Waals surface area contributed by atoms with Gasteiger partial charge in [0.05, 0.1) is 25.2 Å². The van der Waals surface area contributed by atoms with E-state index >= 15 is 0 Å². The van der Waals surface area contributed by atoms with E-state index in [9.17, 15) is 14.9 Å². The van der Waals surface area contributed by atoms with Crippen molar-refractivity contribution in [1.82, 2.24) is 15.1 Å². The van der Waals surface area contributed by atoms with Gasteiger partial charge in [-0.2, -0.15) is 0 Å². The van der Waals surface area contributed by atoms with Gasteiger partial charge in [0, 0.05) is 6.54 Å². The fourth-order valence-electron chi connectivity index (χ4n) is 2.35. The Labute approximate surface area is 156 Å². The molecule has 0 aliphatic heterocycles. The summed E-state index contributed by atoms with van der Waals surface area (Å²) in [5.74, 6) is 0.770. The summed E-state index contributed by atoms with van der Waals surface area (Å²) < 4.78 is 17.1. The number of amides is 1. The summed E-state index contributed by atoms with van der Waals surface area (Å²) in [6.45, 7) is 4.89. The van der Waals surface area contributed by atoms with E-state index in [2.05, 4.69) is 10.4 Å². The molecule has 0 fully saturated rings. The van der Waals surface area contributed by atoms with E-state index in [1.807, 2.05) is 19.9 Å². The normalized spacial score (nSPS) is 10.3. The Balaban J connectivity index is 1.99. The maximum absolute atomic E-state index is 12.1. The van der Waals surface area contributed by atoms with Crippen molar-refractivity contribution >= 4 is 11.6 Å². The smallest absolute Gasteiger partial charge is 0.350 e. The van der Waals surface area contributed by atoms with Crippen LogP contribution in [0.3, 0.4) is 0 Å². The minimum absolute atomic E-state index is 0.138. The van der Waals surface area contributed by atoms with Gasteiger partial charge in [-0.1, -0.05) is 6.07 Å². The Bertz CT molecular complexity index is 805.